The van der Waals surface area contributed by atoms with Gasteiger partial charge in [0.25, 0.3) is 6.01 Å². The van der Waals surface area contributed by atoms with E-state index in [1.807, 2.05) is 42.5 Å². The molecule has 3 aromatic rings. The number of anilines is 1. The fourth-order valence-corrected chi connectivity index (χ4v) is 2.78. The van der Waals surface area contributed by atoms with E-state index < -0.39 is 0 Å². The normalized spacial score (nSPS) is 13.2. The molecule has 0 fully saturated rings. The standard InChI is InChI=1S/C19H22N2O2/c1-19(2,13-22)15(14-8-4-3-5-9-14)12-20-18-21-16-10-6-7-11-17(16)23-18/h3-11,15,22H,12-13H2,1-2H3,(H,20,21). The van der Waals surface area contributed by atoms with Crippen LogP contribution in [0.15, 0.2) is 59.0 Å². The third kappa shape index (κ3) is 3.37. The molecule has 1 heterocycles. The molecule has 2 aromatic carbocycles. The Morgan fingerprint density at radius 2 is 1.78 bits per heavy atom. The lowest BCUT2D eigenvalue weighted by molar-refractivity contribution is 0.134. The minimum absolute atomic E-state index is 0.113. The molecule has 3 rings (SSSR count). The Bertz CT molecular complexity index is 732. The average Bonchev–Trinajstić information content (AvgIpc) is 2.98. The quantitative estimate of drug-likeness (QED) is 0.721. The molecular formula is C19H22N2O2. The number of aromatic nitrogens is 1. The van der Waals surface area contributed by atoms with Crippen LogP contribution in [-0.2, 0) is 0 Å². The van der Waals surface area contributed by atoms with Crippen LogP contribution in [0.1, 0.15) is 25.3 Å². The van der Waals surface area contributed by atoms with Gasteiger partial charge in [-0.3, -0.25) is 0 Å². The van der Waals surface area contributed by atoms with Crippen LogP contribution in [0.5, 0.6) is 0 Å². The van der Waals surface area contributed by atoms with Crippen molar-refractivity contribution in [1.82, 2.24) is 4.98 Å². The summed E-state index contributed by atoms with van der Waals surface area (Å²) in [6.45, 7) is 4.89. The number of rotatable bonds is 6. The van der Waals surface area contributed by atoms with Crippen molar-refractivity contribution in [2.24, 2.45) is 5.41 Å². The highest BCUT2D eigenvalue weighted by Crippen LogP contribution is 2.35. The van der Waals surface area contributed by atoms with Gasteiger partial charge in [-0.05, 0) is 23.1 Å². The minimum atomic E-state index is -0.250. The van der Waals surface area contributed by atoms with Crippen LogP contribution in [0.25, 0.3) is 11.1 Å². The van der Waals surface area contributed by atoms with Crippen molar-refractivity contribution in [1.29, 1.82) is 0 Å². The number of benzene rings is 2. The predicted octanol–water partition coefficient (Wildman–Crippen LogP) is 4.04. The molecule has 1 atom stereocenters. The van der Waals surface area contributed by atoms with Crippen molar-refractivity contribution >= 4 is 17.1 Å². The van der Waals surface area contributed by atoms with Crippen LogP contribution in [0.3, 0.4) is 0 Å². The molecule has 2 N–H and O–H groups in total. The first-order chi connectivity index (χ1) is 11.1. The third-order valence-electron chi connectivity index (χ3n) is 4.30. The number of fused-ring (bicyclic) bond motifs is 1. The monoisotopic (exact) mass is 310 g/mol. The number of para-hydroxylation sites is 2. The maximum Gasteiger partial charge on any atom is 0.295 e. The second-order valence-corrected chi connectivity index (χ2v) is 6.48. The number of aliphatic hydroxyl groups excluding tert-OH is 1. The fraction of sp³-hybridized carbons (Fsp3) is 0.316. The first-order valence-corrected chi connectivity index (χ1v) is 7.85. The van der Waals surface area contributed by atoms with E-state index in [1.54, 1.807) is 0 Å². The number of hydrogen-bond acceptors (Lipinski definition) is 4. The second kappa shape index (κ2) is 6.42. The van der Waals surface area contributed by atoms with Gasteiger partial charge >= 0.3 is 0 Å². The van der Waals surface area contributed by atoms with Gasteiger partial charge in [0.05, 0.1) is 0 Å². The summed E-state index contributed by atoms with van der Waals surface area (Å²) >= 11 is 0. The lowest BCUT2D eigenvalue weighted by Crippen LogP contribution is -2.31. The zero-order chi connectivity index (χ0) is 16.3. The molecule has 0 aliphatic rings. The molecule has 1 unspecified atom stereocenters. The molecule has 0 saturated heterocycles. The molecule has 0 bridgehead atoms. The number of hydrogen-bond donors (Lipinski definition) is 2. The summed E-state index contributed by atoms with van der Waals surface area (Å²) in [5, 5.41) is 13.1. The fourth-order valence-electron chi connectivity index (χ4n) is 2.78. The summed E-state index contributed by atoms with van der Waals surface area (Å²) in [4.78, 5) is 4.45. The lowest BCUT2D eigenvalue weighted by atomic mass is 9.75. The zero-order valence-electron chi connectivity index (χ0n) is 13.5. The summed E-state index contributed by atoms with van der Waals surface area (Å²) in [6, 6.07) is 18.4. The van der Waals surface area contributed by atoms with Crippen LogP contribution < -0.4 is 5.32 Å². The molecule has 0 saturated carbocycles. The van der Waals surface area contributed by atoms with E-state index in [4.69, 9.17) is 4.42 Å². The lowest BCUT2D eigenvalue weighted by Gasteiger charge is -2.33. The van der Waals surface area contributed by atoms with Gasteiger partial charge in [0, 0.05) is 19.1 Å². The SMILES string of the molecule is CC(C)(CO)C(CNc1nc2ccccc2o1)c1ccccc1. The van der Waals surface area contributed by atoms with Gasteiger partial charge in [-0.2, -0.15) is 4.98 Å². The molecule has 0 aliphatic heterocycles. The molecule has 4 heteroatoms. The molecule has 0 amide bonds. The van der Waals surface area contributed by atoms with Gasteiger partial charge in [0.15, 0.2) is 5.58 Å². The predicted molar refractivity (Wildman–Crippen MR) is 92.5 cm³/mol. The Hall–Kier alpha value is -2.33. The van der Waals surface area contributed by atoms with Crippen molar-refractivity contribution in [3.63, 3.8) is 0 Å². The zero-order valence-corrected chi connectivity index (χ0v) is 13.5. The Kier molecular flexibility index (Phi) is 4.35. The summed E-state index contributed by atoms with van der Waals surface area (Å²) in [7, 11) is 0. The Morgan fingerprint density at radius 1 is 1.09 bits per heavy atom. The molecule has 120 valence electrons. The summed E-state index contributed by atoms with van der Waals surface area (Å²) in [5.74, 6) is 0.142. The van der Waals surface area contributed by atoms with Gasteiger partial charge in [-0.25, -0.2) is 0 Å². The first-order valence-electron chi connectivity index (χ1n) is 7.85. The van der Waals surface area contributed by atoms with E-state index in [0.717, 1.165) is 11.1 Å². The van der Waals surface area contributed by atoms with E-state index in [1.165, 1.54) is 5.56 Å². The van der Waals surface area contributed by atoms with Crippen LogP contribution in [0.4, 0.5) is 6.01 Å². The van der Waals surface area contributed by atoms with Crippen LogP contribution >= 0.6 is 0 Å². The Balaban J connectivity index is 1.81. The van der Waals surface area contributed by atoms with E-state index in [-0.39, 0.29) is 17.9 Å². The number of nitrogens with zero attached hydrogens (tertiary/aromatic N) is 1. The first kappa shape index (κ1) is 15.6. The number of nitrogens with one attached hydrogen (secondary N) is 1. The van der Waals surface area contributed by atoms with Crippen molar-refractivity contribution in [2.75, 3.05) is 18.5 Å². The smallest absolute Gasteiger partial charge is 0.295 e. The van der Waals surface area contributed by atoms with E-state index in [0.29, 0.717) is 12.6 Å². The molecule has 23 heavy (non-hydrogen) atoms. The van der Waals surface area contributed by atoms with Gasteiger partial charge < -0.3 is 14.8 Å². The van der Waals surface area contributed by atoms with Crippen LogP contribution in [-0.4, -0.2) is 23.2 Å². The largest absolute Gasteiger partial charge is 0.424 e. The van der Waals surface area contributed by atoms with Crippen LogP contribution in [0.2, 0.25) is 0 Å². The highest BCUT2D eigenvalue weighted by molar-refractivity contribution is 5.74. The molecule has 0 spiro atoms. The maximum atomic E-state index is 9.77. The van der Waals surface area contributed by atoms with Gasteiger partial charge in [-0.15, -0.1) is 0 Å². The highest BCUT2D eigenvalue weighted by atomic mass is 16.4. The average molecular weight is 310 g/mol. The Morgan fingerprint density at radius 3 is 2.48 bits per heavy atom. The third-order valence-corrected chi connectivity index (χ3v) is 4.30. The van der Waals surface area contributed by atoms with E-state index in [9.17, 15) is 5.11 Å². The number of oxazole rings is 1. The van der Waals surface area contributed by atoms with Gasteiger partial charge in [0.2, 0.25) is 0 Å². The van der Waals surface area contributed by atoms with E-state index >= 15 is 0 Å². The van der Waals surface area contributed by atoms with Crippen LogP contribution in [0, 0.1) is 5.41 Å². The van der Waals surface area contributed by atoms with Crippen molar-refractivity contribution in [3.8, 4) is 0 Å². The maximum absolute atomic E-state index is 9.77. The van der Waals surface area contributed by atoms with Gasteiger partial charge in [0.1, 0.15) is 5.52 Å². The minimum Gasteiger partial charge on any atom is -0.424 e. The molecular weight excluding hydrogens is 288 g/mol. The van der Waals surface area contributed by atoms with Crippen molar-refractivity contribution in [2.45, 2.75) is 19.8 Å². The highest BCUT2D eigenvalue weighted by Gasteiger charge is 2.30. The molecule has 4 nitrogen and oxygen atoms in total. The molecule has 1 aromatic heterocycles. The summed E-state index contributed by atoms with van der Waals surface area (Å²) in [6.07, 6.45) is 0. The summed E-state index contributed by atoms with van der Waals surface area (Å²) in [5.41, 5.74) is 2.55. The second-order valence-electron chi connectivity index (χ2n) is 6.48. The van der Waals surface area contributed by atoms with Gasteiger partial charge in [-0.1, -0.05) is 56.3 Å². The number of aliphatic hydroxyl groups is 1. The molecule has 0 aliphatic carbocycles. The topological polar surface area (TPSA) is 58.3 Å². The van der Waals surface area contributed by atoms with E-state index in [2.05, 4.69) is 36.3 Å². The Labute approximate surface area is 136 Å². The van der Waals surface area contributed by atoms with Crippen molar-refractivity contribution in [3.05, 3.63) is 60.2 Å². The summed E-state index contributed by atoms with van der Waals surface area (Å²) < 4.78 is 5.72. The molecule has 0 radical (unpaired) electrons. The van der Waals surface area contributed by atoms with Crippen molar-refractivity contribution < 1.29 is 9.52 Å².